The summed E-state index contributed by atoms with van der Waals surface area (Å²) in [4.78, 5) is 7.40. The number of nitrogens with zero attached hydrogens (tertiary/aromatic N) is 1. The van der Waals surface area contributed by atoms with Crippen LogP contribution in [-0.2, 0) is 0 Å². The van der Waals surface area contributed by atoms with Crippen LogP contribution in [0.2, 0.25) is 0 Å². The minimum absolute atomic E-state index is 0.0658. The van der Waals surface area contributed by atoms with E-state index in [4.69, 9.17) is 4.74 Å². The largest absolute Gasteiger partial charge is 0.493 e. The summed E-state index contributed by atoms with van der Waals surface area (Å²) < 4.78 is 47.5. The molecule has 0 aliphatic carbocycles. The number of benzene rings is 2. The molecule has 0 saturated heterocycles. The van der Waals surface area contributed by atoms with Crippen molar-refractivity contribution >= 4 is 16.7 Å². The second-order valence-corrected chi connectivity index (χ2v) is 6.84. The van der Waals surface area contributed by atoms with Gasteiger partial charge in [-0.25, -0.2) is 18.2 Å². The number of aromatic nitrogens is 2. The Morgan fingerprint density at radius 3 is 2.61 bits per heavy atom. The van der Waals surface area contributed by atoms with Crippen LogP contribution in [0.3, 0.4) is 0 Å². The molecule has 0 amide bonds. The molecule has 4 nitrogen and oxygen atoms in total. The zero-order valence-corrected chi connectivity index (χ0v) is 16.6. The van der Waals surface area contributed by atoms with E-state index in [-0.39, 0.29) is 17.0 Å². The molecule has 4 aromatic rings. The van der Waals surface area contributed by atoms with Crippen molar-refractivity contribution in [1.82, 2.24) is 9.97 Å². The minimum Gasteiger partial charge on any atom is -0.493 e. The van der Waals surface area contributed by atoms with E-state index < -0.39 is 17.5 Å². The van der Waals surface area contributed by atoms with Gasteiger partial charge in [-0.2, -0.15) is 0 Å². The molecule has 31 heavy (non-hydrogen) atoms. The number of methoxy groups -OCH3 is 1. The maximum absolute atomic E-state index is 14.2. The van der Waals surface area contributed by atoms with E-state index in [9.17, 15) is 13.2 Å². The smallest absolute Gasteiger partial charge is 0.168 e. The normalized spacial score (nSPS) is 10.8. The first kappa shape index (κ1) is 20.3. The van der Waals surface area contributed by atoms with E-state index >= 15 is 0 Å². The topological polar surface area (TPSA) is 49.9 Å². The van der Waals surface area contributed by atoms with Crippen LogP contribution in [-0.4, -0.2) is 17.1 Å². The van der Waals surface area contributed by atoms with Crippen molar-refractivity contribution in [2.75, 3.05) is 12.4 Å². The number of pyridine rings is 1. The number of aromatic amines is 1. The second-order valence-electron chi connectivity index (χ2n) is 6.84. The lowest BCUT2D eigenvalue weighted by molar-refractivity contribution is 0.386. The van der Waals surface area contributed by atoms with Crippen LogP contribution in [0.5, 0.6) is 5.75 Å². The molecular formula is C24H18F3N3O. The standard InChI is InChI=1S/C24H18F3N3O/c1-4-13(2)30-22-8-14(5-6-20(22)26)15-7-18-19(12-29-24(18)28-11-15)17-9-16(25)10-21(27)23(17)31-3/h4-12,30H,1-2H2,3H3,(H,28,29). The third-order valence-electron chi connectivity index (χ3n) is 4.88. The van der Waals surface area contributed by atoms with Gasteiger partial charge in [-0.05, 0) is 35.9 Å². The van der Waals surface area contributed by atoms with Gasteiger partial charge < -0.3 is 15.0 Å². The van der Waals surface area contributed by atoms with Gasteiger partial charge in [0.05, 0.1) is 12.8 Å². The first-order chi connectivity index (χ1) is 14.9. The molecule has 2 heterocycles. The second kappa shape index (κ2) is 8.02. The number of hydrogen-bond donors (Lipinski definition) is 2. The number of fused-ring (bicyclic) bond motifs is 1. The third-order valence-corrected chi connectivity index (χ3v) is 4.88. The highest BCUT2D eigenvalue weighted by Gasteiger charge is 2.18. The van der Waals surface area contributed by atoms with E-state index in [1.165, 1.54) is 25.3 Å². The van der Waals surface area contributed by atoms with E-state index in [0.29, 0.717) is 33.4 Å². The predicted octanol–water partition coefficient (Wildman–Crippen LogP) is 6.43. The molecule has 2 aromatic carbocycles. The van der Waals surface area contributed by atoms with Crippen LogP contribution in [0.15, 0.2) is 73.7 Å². The fourth-order valence-corrected chi connectivity index (χ4v) is 3.38. The SMILES string of the molecule is C=CC(=C)Nc1cc(-c2cnc3[nH]cc(-c4cc(F)cc(F)c4OC)c3c2)ccc1F. The van der Waals surface area contributed by atoms with Gasteiger partial charge in [-0.3, -0.25) is 0 Å². The summed E-state index contributed by atoms with van der Waals surface area (Å²) in [5.41, 5.74) is 3.40. The molecule has 0 unspecified atom stereocenters. The number of ether oxygens (including phenoxy) is 1. The van der Waals surface area contributed by atoms with Crippen molar-refractivity contribution in [2.45, 2.75) is 0 Å². The number of hydrogen-bond acceptors (Lipinski definition) is 3. The number of rotatable bonds is 6. The number of halogens is 3. The Bertz CT molecular complexity index is 1330. The Morgan fingerprint density at radius 1 is 1.06 bits per heavy atom. The maximum Gasteiger partial charge on any atom is 0.168 e. The molecule has 0 aliphatic rings. The molecule has 2 aromatic heterocycles. The first-order valence-electron chi connectivity index (χ1n) is 9.30. The van der Waals surface area contributed by atoms with E-state index in [1.807, 2.05) is 6.07 Å². The van der Waals surface area contributed by atoms with Gasteiger partial charge in [0, 0.05) is 46.2 Å². The Kier molecular flexibility index (Phi) is 5.25. The van der Waals surface area contributed by atoms with Crippen molar-refractivity contribution in [3.63, 3.8) is 0 Å². The zero-order valence-electron chi connectivity index (χ0n) is 16.6. The Labute approximate surface area is 176 Å². The van der Waals surface area contributed by atoms with Crippen molar-refractivity contribution in [1.29, 1.82) is 0 Å². The molecule has 2 N–H and O–H groups in total. The van der Waals surface area contributed by atoms with Crippen LogP contribution >= 0.6 is 0 Å². The van der Waals surface area contributed by atoms with Crippen molar-refractivity contribution in [3.8, 4) is 28.0 Å². The molecule has 4 rings (SSSR count). The molecule has 0 aliphatic heterocycles. The van der Waals surface area contributed by atoms with Crippen molar-refractivity contribution in [2.24, 2.45) is 0 Å². The molecule has 156 valence electrons. The van der Waals surface area contributed by atoms with Gasteiger partial charge in [0.15, 0.2) is 11.6 Å². The molecule has 7 heteroatoms. The van der Waals surface area contributed by atoms with E-state index in [0.717, 1.165) is 6.07 Å². The van der Waals surface area contributed by atoms with Gasteiger partial charge in [-0.15, -0.1) is 0 Å². The molecule has 0 radical (unpaired) electrons. The van der Waals surface area contributed by atoms with Crippen LogP contribution in [0.25, 0.3) is 33.3 Å². The molecule has 0 saturated carbocycles. The van der Waals surface area contributed by atoms with Crippen LogP contribution in [0.1, 0.15) is 0 Å². The summed E-state index contributed by atoms with van der Waals surface area (Å²) in [6.07, 6.45) is 4.73. The van der Waals surface area contributed by atoms with Crippen molar-refractivity contribution < 1.29 is 17.9 Å². The fourth-order valence-electron chi connectivity index (χ4n) is 3.38. The van der Waals surface area contributed by atoms with Crippen molar-refractivity contribution in [3.05, 3.63) is 91.2 Å². The maximum atomic E-state index is 14.2. The summed E-state index contributed by atoms with van der Waals surface area (Å²) >= 11 is 0. The molecule has 0 spiro atoms. The van der Waals surface area contributed by atoms with Gasteiger partial charge in [0.1, 0.15) is 17.3 Å². The van der Waals surface area contributed by atoms with Gasteiger partial charge in [0.25, 0.3) is 0 Å². The lowest BCUT2D eigenvalue weighted by atomic mass is 10.0. The molecule has 0 fully saturated rings. The average Bonchev–Trinajstić information content (AvgIpc) is 3.17. The monoisotopic (exact) mass is 421 g/mol. The fraction of sp³-hybridized carbons (Fsp3) is 0.0417. The molecule has 0 bridgehead atoms. The highest BCUT2D eigenvalue weighted by Crippen LogP contribution is 2.38. The first-order valence-corrected chi connectivity index (χ1v) is 9.30. The Balaban J connectivity index is 1.85. The predicted molar refractivity (Wildman–Crippen MR) is 116 cm³/mol. The summed E-state index contributed by atoms with van der Waals surface area (Å²) in [6.45, 7) is 7.33. The third kappa shape index (κ3) is 3.77. The Morgan fingerprint density at radius 2 is 1.87 bits per heavy atom. The molecule has 0 atom stereocenters. The minimum atomic E-state index is -0.798. The highest BCUT2D eigenvalue weighted by atomic mass is 19.1. The highest BCUT2D eigenvalue weighted by molar-refractivity contribution is 5.97. The van der Waals surface area contributed by atoms with Crippen LogP contribution < -0.4 is 10.1 Å². The lowest BCUT2D eigenvalue weighted by Crippen LogP contribution is -1.98. The van der Waals surface area contributed by atoms with E-state index in [2.05, 4.69) is 28.4 Å². The van der Waals surface area contributed by atoms with Gasteiger partial charge in [0.2, 0.25) is 0 Å². The van der Waals surface area contributed by atoms with Gasteiger partial charge in [-0.1, -0.05) is 19.2 Å². The van der Waals surface area contributed by atoms with Gasteiger partial charge >= 0.3 is 0 Å². The van der Waals surface area contributed by atoms with Crippen LogP contribution in [0, 0.1) is 17.5 Å². The Hall–Kier alpha value is -4.00. The number of nitrogens with one attached hydrogen (secondary N) is 2. The average molecular weight is 421 g/mol. The van der Waals surface area contributed by atoms with E-state index in [1.54, 1.807) is 24.5 Å². The number of H-pyrrole nitrogens is 1. The molecular weight excluding hydrogens is 403 g/mol. The summed E-state index contributed by atoms with van der Waals surface area (Å²) in [6, 6.07) is 8.37. The summed E-state index contributed by atoms with van der Waals surface area (Å²) in [5.74, 6) is -2.02. The summed E-state index contributed by atoms with van der Waals surface area (Å²) in [5, 5.41) is 3.49. The quantitative estimate of drug-likeness (QED) is 0.353. The zero-order chi connectivity index (χ0) is 22.1. The van der Waals surface area contributed by atoms with Crippen LogP contribution in [0.4, 0.5) is 18.9 Å². The number of anilines is 1. The summed E-state index contributed by atoms with van der Waals surface area (Å²) in [7, 11) is 1.32. The number of allylic oxidation sites excluding steroid dienone is 1. The lowest BCUT2D eigenvalue weighted by Gasteiger charge is -2.11.